The van der Waals surface area contributed by atoms with Crippen molar-refractivity contribution < 1.29 is 9.15 Å². The second-order valence-corrected chi connectivity index (χ2v) is 8.18. The Morgan fingerprint density at radius 1 is 0.727 bits per heavy atom. The van der Waals surface area contributed by atoms with Gasteiger partial charge in [0, 0.05) is 10.9 Å². The molecule has 0 amide bonds. The zero-order valence-corrected chi connectivity index (χ0v) is 18.8. The second-order valence-electron chi connectivity index (χ2n) is 8.18. The first-order valence-corrected chi connectivity index (χ1v) is 10.8. The van der Waals surface area contributed by atoms with Gasteiger partial charge in [-0.3, -0.25) is 0 Å². The van der Waals surface area contributed by atoms with E-state index in [0.717, 1.165) is 27.8 Å². The van der Waals surface area contributed by atoms with E-state index in [4.69, 9.17) is 14.1 Å². The maximum absolute atomic E-state index is 13.0. The largest absolute Gasteiger partial charge is 0.493 e. The molecule has 0 radical (unpaired) electrons. The molecule has 0 aliphatic carbocycles. The van der Waals surface area contributed by atoms with Crippen LogP contribution in [-0.4, -0.2) is 12.1 Å². The predicted molar refractivity (Wildman–Crippen MR) is 133 cm³/mol. The van der Waals surface area contributed by atoms with Crippen molar-refractivity contribution in [3.8, 4) is 39.4 Å². The van der Waals surface area contributed by atoms with Crippen molar-refractivity contribution in [1.82, 2.24) is 4.98 Å². The molecule has 0 bridgehead atoms. The van der Waals surface area contributed by atoms with Crippen LogP contribution in [0.15, 0.2) is 94.1 Å². The van der Waals surface area contributed by atoms with Crippen LogP contribution in [0.3, 0.4) is 0 Å². The number of fused-ring (bicyclic) bond motifs is 1. The van der Waals surface area contributed by atoms with Crippen molar-refractivity contribution in [2.75, 3.05) is 7.11 Å². The van der Waals surface area contributed by atoms with Gasteiger partial charge in [0.05, 0.1) is 24.1 Å². The van der Waals surface area contributed by atoms with Gasteiger partial charge in [-0.25, -0.2) is 9.78 Å². The van der Waals surface area contributed by atoms with E-state index in [2.05, 4.69) is 56.3 Å². The number of ether oxygens (including phenoxy) is 1. The fraction of sp³-hybridized carbons (Fsp3) is 0.103. The van der Waals surface area contributed by atoms with E-state index in [0.29, 0.717) is 22.6 Å². The van der Waals surface area contributed by atoms with Crippen LogP contribution in [0.1, 0.15) is 11.1 Å². The molecule has 0 aliphatic rings. The minimum atomic E-state index is -0.449. The van der Waals surface area contributed by atoms with Gasteiger partial charge in [0.25, 0.3) is 0 Å². The zero-order chi connectivity index (χ0) is 22.9. The van der Waals surface area contributed by atoms with Gasteiger partial charge in [-0.05, 0) is 49.2 Å². The summed E-state index contributed by atoms with van der Waals surface area (Å²) in [6.45, 7) is 4.12. The number of rotatable bonds is 4. The third kappa shape index (κ3) is 4.03. The summed E-state index contributed by atoms with van der Waals surface area (Å²) in [6, 6.07) is 27.9. The number of aryl methyl sites for hydroxylation is 2. The van der Waals surface area contributed by atoms with Crippen LogP contribution in [-0.2, 0) is 0 Å². The lowest BCUT2D eigenvalue weighted by Crippen LogP contribution is -2.05. The lowest BCUT2D eigenvalue weighted by atomic mass is 9.99. The molecule has 0 saturated heterocycles. The molecule has 0 saturated carbocycles. The van der Waals surface area contributed by atoms with E-state index in [9.17, 15) is 4.79 Å². The molecule has 4 heteroatoms. The van der Waals surface area contributed by atoms with Gasteiger partial charge >= 0.3 is 5.63 Å². The van der Waals surface area contributed by atoms with Crippen LogP contribution in [0.25, 0.3) is 44.6 Å². The molecule has 0 N–H and O–H groups in total. The lowest BCUT2D eigenvalue weighted by molar-refractivity contribution is 0.407. The van der Waals surface area contributed by atoms with Crippen molar-refractivity contribution in [3.63, 3.8) is 0 Å². The topological polar surface area (TPSA) is 52.3 Å². The Morgan fingerprint density at radius 3 is 2.03 bits per heavy atom. The monoisotopic (exact) mass is 433 g/mol. The smallest absolute Gasteiger partial charge is 0.345 e. The average Bonchev–Trinajstić information content (AvgIpc) is 2.84. The molecule has 0 atom stereocenters. The van der Waals surface area contributed by atoms with Gasteiger partial charge in [0.1, 0.15) is 0 Å². The average molecular weight is 434 g/mol. The van der Waals surface area contributed by atoms with Crippen LogP contribution in [0.5, 0.6) is 5.75 Å². The first-order valence-electron chi connectivity index (χ1n) is 10.8. The molecule has 162 valence electrons. The fourth-order valence-corrected chi connectivity index (χ4v) is 3.91. The molecule has 2 aromatic heterocycles. The van der Waals surface area contributed by atoms with Crippen LogP contribution in [0.4, 0.5) is 0 Å². The van der Waals surface area contributed by atoms with Gasteiger partial charge in [-0.1, -0.05) is 71.8 Å². The zero-order valence-electron chi connectivity index (χ0n) is 18.8. The molecule has 5 aromatic rings. The van der Waals surface area contributed by atoms with E-state index in [1.54, 1.807) is 13.2 Å². The summed E-state index contributed by atoms with van der Waals surface area (Å²) >= 11 is 0. The normalized spacial score (nSPS) is 11.0. The minimum Gasteiger partial charge on any atom is -0.493 e. The third-order valence-electron chi connectivity index (χ3n) is 5.78. The number of aromatic nitrogens is 1. The summed E-state index contributed by atoms with van der Waals surface area (Å²) in [7, 11) is 1.56. The number of nitrogens with zero attached hydrogens (tertiary/aromatic N) is 1. The molecule has 5 rings (SSSR count). The fourth-order valence-electron chi connectivity index (χ4n) is 3.91. The van der Waals surface area contributed by atoms with Crippen molar-refractivity contribution in [2.24, 2.45) is 0 Å². The summed E-state index contributed by atoms with van der Waals surface area (Å²) in [6.07, 6.45) is 0. The van der Waals surface area contributed by atoms with E-state index in [1.807, 2.05) is 36.4 Å². The highest BCUT2D eigenvalue weighted by Crippen LogP contribution is 2.32. The summed E-state index contributed by atoms with van der Waals surface area (Å²) in [4.78, 5) is 17.9. The molecule has 33 heavy (non-hydrogen) atoms. The Bertz CT molecular complexity index is 1450. The summed E-state index contributed by atoms with van der Waals surface area (Å²) in [5.41, 5.74) is 7.17. The number of pyridine rings is 1. The number of para-hydroxylation sites is 1. The van der Waals surface area contributed by atoms with Gasteiger partial charge in [-0.15, -0.1) is 0 Å². The van der Waals surface area contributed by atoms with E-state index in [-0.39, 0.29) is 0 Å². The number of hydrogen-bond donors (Lipinski definition) is 0. The van der Waals surface area contributed by atoms with Crippen LogP contribution in [0.2, 0.25) is 0 Å². The molecule has 2 heterocycles. The van der Waals surface area contributed by atoms with Gasteiger partial charge in [-0.2, -0.15) is 0 Å². The summed E-state index contributed by atoms with van der Waals surface area (Å²) < 4.78 is 11.0. The van der Waals surface area contributed by atoms with E-state index < -0.39 is 5.63 Å². The first-order chi connectivity index (χ1) is 16.0. The first kappa shape index (κ1) is 20.7. The highest BCUT2D eigenvalue weighted by Gasteiger charge is 2.15. The molecule has 0 spiro atoms. The quantitative estimate of drug-likeness (QED) is 0.292. The van der Waals surface area contributed by atoms with Crippen LogP contribution in [0, 0.1) is 13.8 Å². The van der Waals surface area contributed by atoms with Crippen molar-refractivity contribution in [2.45, 2.75) is 13.8 Å². The Kier molecular flexibility index (Phi) is 5.27. The lowest BCUT2D eigenvalue weighted by Gasteiger charge is -2.11. The predicted octanol–water partition coefficient (Wildman–Crippen LogP) is 6.81. The standard InChI is InChI=1S/C29H23NO3/c1-18-7-11-20(12-8-18)23-16-25(21-13-9-19(2)10-14-21)30-26(17-23)24-15-22-5-4-6-27(32-3)28(22)33-29(24)31/h4-17H,1-3H3. The van der Waals surface area contributed by atoms with Crippen molar-refractivity contribution in [1.29, 1.82) is 0 Å². The summed E-state index contributed by atoms with van der Waals surface area (Å²) in [5, 5.41) is 0.781. The SMILES string of the molecule is COc1cccc2cc(-c3cc(-c4ccc(C)cc4)cc(-c4ccc(C)cc4)n3)c(=O)oc12. The summed E-state index contributed by atoms with van der Waals surface area (Å²) in [5.74, 6) is 0.526. The maximum atomic E-state index is 13.0. The molecule has 4 nitrogen and oxygen atoms in total. The highest BCUT2D eigenvalue weighted by molar-refractivity contribution is 5.86. The number of benzene rings is 3. The molecular weight excluding hydrogens is 410 g/mol. The molecule has 0 unspecified atom stereocenters. The Labute approximate surface area is 192 Å². The number of methoxy groups -OCH3 is 1. The van der Waals surface area contributed by atoms with Gasteiger partial charge in [0.15, 0.2) is 11.3 Å². The van der Waals surface area contributed by atoms with E-state index >= 15 is 0 Å². The van der Waals surface area contributed by atoms with Crippen molar-refractivity contribution in [3.05, 3.63) is 106 Å². The van der Waals surface area contributed by atoms with Gasteiger partial charge in [0.2, 0.25) is 0 Å². The Morgan fingerprint density at radius 2 is 1.36 bits per heavy atom. The minimum absolute atomic E-state index is 0.415. The molecule has 0 fully saturated rings. The number of hydrogen-bond acceptors (Lipinski definition) is 4. The Balaban J connectivity index is 1.74. The third-order valence-corrected chi connectivity index (χ3v) is 5.78. The Hall–Kier alpha value is -4.18. The van der Waals surface area contributed by atoms with Crippen LogP contribution >= 0.6 is 0 Å². The van der Waals surface area contributed by atoms with Crippen molar-refractivity contribution >= 4 is 11.0 Å². The molecule has 0 aliphatic heterocycles. The van der Waals surface area contributed by atoms with E-state index in [1.165, 1.54) is 11.1 Å². The van der Waals surface area contributed by atoms with Crippen LogP contribution < -0.4 is 10.4 Å². The van der Waals surface area contributed by atoms with Gasteiger partial charge < -0.3 is 9.15 Å². The maximum Gasteiger partial charge on any atom is 0.345 e. The molecule has 3 aromatic carbocycles. The second kappa shape index (κ2) is 8.40. The highest BCUT2D eigenvalue weighted by atomic mass is 16.5. The molecular formula is C29H23NO3.